The normalized spacial score (nSPS) is 11.8. The molecule has 0 aliphatic carbocycles. The molecule has 4 amide bonds. The Morgan fingerprint density at radius 2 is 0.537 bits per heavy atom. The summed E-state index contributed by atoms with van der Waals surface area (Å²) >= 11 is 0. The highest BCUT2D eigenvalue weighted by Crippen LogP contribution is 2.31. The van der Waals surface area contributed by atoms with Gasteiger partial charge >= 0.3 is 52.5 Å². The van der Waals surface area contributed by atoms with Gasteiger partial charge in [-0.2, -0.15) is 33.7 Å². The molecule has 0 aromatic heterocycles. The van der Waals surface area contributed by atoms with Crippen molar-refractivity contribution >= 4 is 96.8 Å². The lowest BCUT2D eigenvalue weighted by molar-refractivity contribution is 0.261. The van der Waals surface area contributed by atoms with Crippen LogP contribution >= 0.6 is 0 Å². The lowest BCUT2D eigenvalue weighted by atomic mass is 10.1. The van der Waals surface area contributed by atoms with Gasteiger partial charge in [-0.1, -0.05) is 97.1 Å². The molecule has 22 heteroatoms. The second kappa shape index (κ2) is 22.3. The van der Waals surface area contributed by atoms with Crippen molar-refractivity contribution in [3.63, 3.8) is 0 Å². The summed E-state index contributed by atoms with van der Waals surface area (Å²) in [7, 11) is -17.0. The van der Waals surface area contributed by atoms with E-state index in [4.69, 9.17) is 16.7 Å². The molecule has 80 heavy (non-hydrogen) atoms. The quantitative estimate of drug-likeness (QED) is 0.0619. The van der Waals surface area contributed by atoms with Crippen molar-refractivity contribution in [3.8, 4) is 34.1 Å². The number of benzene rings is 10. The molecular weight excluding hydrogens is 1100 g/mol. The minimum atomic E-state index is -4.31. The van der Waals surface area contributed by atoms with Crippen LogP contribution < -0.4 is 38.0 Å². The van der Waals surface area contributed by atoms with E-state index in [-0.39, 0.29) is 42.6 Å². The minimum Gasteiger partial charge on any atom is -0.379 e. The first-order valence-corrected chi connectivity index (χ1v) is 29.5. The first-order valence-electron chi connectivity index (χ1n) is 23.9. The number of hydrogen-bond donors (Lipinski definition) is 4. The van der Waals surface area contributed by atoms with E-state index in [1.54, 1.807) is 72.8 Å². The molecular formula is C58H42N4O14S4. The predicted molar refractivity (Wildman–Crippen MR) is 302 cm³/mol. The monoisotopic (exact) mass is 1150 g/mol. The zero-order valence-electron chi connectivity index (χ0n) is 41.3. The Morgan fingerprint density at radius 1 is 0.275 bits per heavy atom. The van der Waals surface area contributed by atoms with E-state index in [0.29, 0.717) is 44.6 Å². The Hall–Kier alpha value is -9.74. The largest absolute Gasteiger partial charge is 0.379 e. The highest BCUT2D eigenvalue weighted by Gasteiger charge is 2.23. The number of fused-ring (bicyclic) bond motifs is 2. The predicted octanol–water partition coefficient (Wildman–Crippen LogP) is 12.0. The molecule has 18 nitrogen and oxygen atoms in total. The Labute approximate surface area is 459 Å². The molecule has 0 aliphatic heterocycles. The average Bonchev–Trinajstić information content (AvgIpc) is 3.45. The van der Waals surface area contributed by atoms with Gasteiger partial charge in [0.2, 0.25) is 0 Å². The second-order valence-corrected chi connectivity index (χ2v) is 23.5. The van der Waals surface area contributed by atoms with E-state index in [2.05, 4.69) is 21.3 Å². The molecule has 10 rings (SSSR count). The van der Waals surface area contributed by atoms with Crippen molar-refractivity contribution < 1.29 is 60.0 Å². The van der Waals surface area contributed by atoms with Gasteiger partial charge in [0, 0.05) is 33.5 Å². The van der Waals surface area contributed by atoms with Crippen LogP contribution in [0.25, 0.3) is 32.7 Å². The van der Waals surface area contributed by atoms with E-state index in [1.165, 1.54) is 158 Å². The van der Waals surface area contributed by atoms with Crippen molar-refractivity contribution in [2.75, 3.05) is 21.3 Å². The number of carbonyl (C=O) groups is 2. The van der Waals surface area contributed by atoms with E-state index < -0.39 is 52.5 Å². The number of anilines is 4. The first-order chi connectivity index (χ1) is 38.4. The fourth-order valence-corrected chi connectivity index (χ4v) is 12.3. The third kappa shape index (κ3) is 12.6. The molecule has 0 saturated carbocycles. The summed E-state index contributed by atoms with van der Waals surface area (Å²) in [6.07, 6.45) is 0. The van der Waals surface area contributed by atoms with Gasteiger partial charge in [0.1, 0.15) is 42.6 Å². The highest BCUT2D eigenvalue weighted by molar-refractivity contribution is 7.88. The molecule has 10 aromatic rings. The molecule has 0 atom stereocenters. The summed E-state index contributed by atoms with van der Waals surface area (Å²) < 4.78 is 127. The minimum absolute atomic E-state index is 0.0197. The summed E-state index contributed by atoms with van der Waals surface area (Å²) in [6, 6.07) is 56.6. The Bertz CT molecular complexity index is 4120. The van der Waals surface area contributed by atoms with Crippen LogP contribution in [0, 0.1) is 0 Å². The number of rotatable bonds is 17. The maximum Gasteiger partial charge on any atom is 0.339 e. The molecule has 0 unspecified atom stereocenters. The zero-order chi connectivity index (χ0) is 56.1. The average molecular weight is 1150 g/mol. The van der Waals surface area contributed by atoms with E-state index in [9.17, 15) is 43.3 Å². The van der Waals surface area contributed by atoms with Gasteiger partial charge in [0.05, 0.1) is 0 Å². The van der Waals surface area contributed by atoms with Gasteiger partial charge < -0.3 is 38.0 Å². The fraction of sp³-hybridized carbons (Fsp3) is 0. The Kier molecular flexibility index (Phi) is 15.0. The lowest BCUT2D eigenvalue weighted by Gasteiger charge is -2.12. The van der Waals surface area contributed by atoms with Crippen LogP contribution in [0.5, 0.6) is 23.0 Å². The highest BCUT2D eigenvalue weighted by atomic mass is 32.2. The van der Waals surface area contributed by atoms with Crippen molar-refractivity contribution in [2.24, 2.45) is 0 Å². The third-order valence-corrected chi connectivity index (χ3v) is 17.1. The summed E-state index contributed by atoms with van der Waals surface area (Å²) in [5.41, 5.74) is 2.41. The zero-order valence-corrected chi connectivity index (χ0v) is 44.6. The van der Waals surface area contributed by atoms with E-state index >= 15 is 0 Å². The van der Waals surface area contributed by atoms with Gasteiger partial charge in [-0.3, -0.25) is 0 Å². The molecule has 0 saturated heterocycles. The van der Waals surface area contributed by atoms with Crippen LogP contribution in [0.1, 0.15) is 0 Å². The van der Waals surface area contributed by atoms with Crippen molar-refractivity contribution in [1.29, 1.82) is 0 Å². The molecule has 0 fully saturated rings. The van der Waals surface area contributed by atoms with Crippen molar-refractivity contribution in [1.82, 2.24) is 0 Å². The first kappa shape index (κ1) is 53.6. The summed E-state index contributed by atoms with van der Waals surface area (Å²) in [5, 5.41) is 13.0. The van der Waals surface area contributed by atoms with Crippen LogP contribution in [-0.2, 0) is 40.5 Å². The number of nitrogens with one attached hydrogen (secondary N) is 4. The van der Waals surface area contributed by atoms with Crippen LogP contribution in [0.15, 0.2) is 250 Å². The Balaban J connectivity index is 0.673. The smallest absolute Gasteiger partial charge is 0.339 e. The third-order valence-electron chi connectivity index (χ3n) is 11.9. The summed E-state index contributed by atoms with van der Waals surface area (Å²) in [4.78, 5) is 25.2. The van der Waals surface area contributed by atoms with Crippen LogP contribution in [0.4, 0.5) is 32.3 Å². The molecule has 10 aromatic carbocycles. The van der Waals surface area contributed by atoms with Crippen LogP contribution in [0.3, 0.4) is 0 Å². The topological polar surface area (TPSA) is 256 Å². The van der Waals surface area contributed by atoms with Crippen molar-refractivity contribution in [3.05, 3.63) is 231 Å². The number of amides is 4. The van der Waals surface area contributed by atoms with E-state index in [1.807, 2.05) is 0 Å². The second-order valence-electron chi connectivity index (χ2n) is 17.4. The number of urea groups is 2. The number of hydrogen-bond acceptors (Lipinski definition) is 14. The summed E-state index contributed by atoms with van der Waals surface area (Å²) in [5.74, 6) is 0.00425. The van der Waals surface area contributed by atoms with Gasteiger partial charge in [-0.25, -0.2) is 9.59 Å². The molecule has 0 heterocycles. The van der Waals surface area contributed by atoms with Crippen molar-refractivity contribution in [2.45, 2.75) is 19.6 Å². The molecule has 4 N–H and O–H groups in total. The maximum atomic E-state index is 13.2. The Morgan fingerprint density at radius 3 is 0.838 bits per heavy atom. The molecule has 402 valence electrons. The van der Waals surface area contributed by atoms with Gasteiger partial charge in [-0.05, 0) is 155 Å². The van der Waals surface area contributed by atoms with E-state index in [0.717, 1.165) is 10.8 Å². The standard InChI is InChI=1S/C58H42N4O14S4/c63-57(61-45-23-31-49(32-24-45)75-79(69,70)55-13-5-9-41-7-1-3-11-53(41)55)59-43-19-27-47(28-20-43)73-77(65,66)51-35-15-39(16-36-51)40-17-37-52(38-18-40)78(67,68)74-48-29-21-44(22-30-48)60-58(64)62-46-25-33-50(34-26-46)76-80(71,72)56-14-6-10-42-8-2-4-12-54(42)56/h1-38H,(H2,59,61,63)(H2,60,62,64). The lowest BCUT2D eigenvalue weighted by Crippen LogP contribution is -2.19. The SMILES string of the molecule is O=C(Nc1ccc(OS(=O)(=O)c2ccc(-c3ccc(S(=O)(=O)Oc4ccc(NC(=O)Nc5ccc(OS(=O)(=O)c6cccc7ccccc67)cc5)cc4)cc3)cc2)cc1)Nc1ccc(OS(=O)(=O)c2cccc3ccccc23)cc1. The van der Waals surface area contributed by atoms with Gasteiger partial charge in [-0.15, -0.1) is 0 Å². The molecule has 0 aliphatic rings. The molecule has 0 radical (unpaired) electrons. The molecule has 0 bridgehead atoms. The molecule has 0 spiro atoms. The van der Waals surface area contributed by atoms with Gasteiger partial charge in [0.25, 0.3) is 0 Å². The fourth-order valence-electron chi connectivity index (χ4n) is 8.11. The van der Waals surface area contributed by atoms with Crippen LogP contribution in [0.2, 0.25) is 0 Å². The van der Waals surface area contributed by atoms with Crippen LogP contribution in [-0.4, -0.2) is 45.7 Å². The number of carbonyl (C=O) groups excluding carboxylic acids is 2. The maximum absolute atomic E-state index is 13.2. The van der Waals surface area contributed by atoms with Gasteiger partial charge in [0.15, 0.2) is 0 Å². The summed E-state index contributed by atoms with van der Waals surface area (Å²) in [6.45, 7) is 0.